The van der Waals surface area contributed by atoms with Gasteiger partial charge in [0.05, 0.1) is 24.3 Å². The lowest BCUT2D eigenvalue weighted by molar-refractivity contribution is -0.131. The lowest BCUT2D eigenvalue weighted by Crippen LogP contribution is -1.98. The van der Waals surface area contributed by atoms with Gasteiger partial charge < -0.3 is 23.6 Å². The zero-order valence-electron chi connectivity index (χ0n) is 20.7. The molecule has 2 aromatic heterocycles. The Morgan fingerprint density at radius 2 is 1.77 bits per heavy atom. The molecule has 0 aliphatic carbocycles. The van der Waals surface area contributed by atoms with Crippen LogP contribution < -0.4 is 9.47 Å². The second kappa shape index (κ2) is 11.4. The number of aromatic nitrogens is 3. The summed E-state index contributed by atoms with van der Waals surface area (Å²) in [5.41, 5.74) is 3.21. The third-order valence-corrected chi connectivity index (χ3v) is 7.45. The fourth-order valence-electron chi connectivity index (χ4n) is 4.02. The van der Waals surface area contributed by atoms with Crippen LogP contribution in [0.15, 0.2) is 81.4 Å². The molecule has 0 saturated heterocycles. The smallest absolute Gasteiger partial charge is 0.342 e. The summed E-state index contributed by atoms with van der Waals surface area (Å²) in [7, 11) is 3.08. The van der Waals surface area contributed by atoms with E-state index in [2.05, 4.69) is 10.2 Å². The van der Waals surface area contributed by atoms with E-state index in [0.29, 0.717) is 33.7 Å². The maximum absolute atomic E-state index is 12.2. The standard InChI is InChI=1S/C28H21Cl2N3O5S/c1-36-19-10-17(11-20(13-19)37-2)26-31-32-28(38-26)39-25(27(34)35)12-18-15-33(24-6-4-3-5-21(18)24)14-16-7-8-22(29)23(30)9-16/h3-13,15H,14H2,1-2H3,(H,34,35)/b25-12-. The first-order valence-corrected chi connectivity index (χ1v) is 13.1. The zero-order chi connectivity index (χ0) is 27.5. The number of hydrogen-bond acceptors (Lipinski definition) is 7. The van der Waals surface area contributed by atoms with Crippen molar-refractivity contribution >= 4 is 57.9 Å². The molecule has 0 bridgehead atoms. The number of halogens is 2. The van der Waals surface area contributed by atoms with Gasteiger partial charge in [0, 0.05) is 40.8 Å². The number of carboxylic acids is 1. The number of fused-ring (bicyclic) bond motifs is 1. The Labute approximate surface area is 237 Å². The van der Waals surface area contributed by atoms with Gasteiger partial charge in [-0.3, -0.25) is 0 Å². The van der Waals surface area contributed by atoms with Crippen LogP contribution >= 0.6 is 35.0 Å². The second-order valence-corrected chi connectivity index (χ2v) is 10.2. The number of carboxylic acid groups (broad SMARTS) is 1. The van der Waals surface area contributed by atoms with E-state index in [1.54, 1.807) is 44.6 Å². The van der Waals surface area contributed by atoms with Gasteiger partial charge in [0.2, 0.25) is 5.89 Å². The van der Waals surface area contributed by atoms with Gasteiger partial charge in [0.15, 0.2) is 0 Å². The third kappa shape index (κ3) is 5.90. The maximum atomic E-state index is 12.2. The molecular weight excluding hydrogens is 561 g/mol. The van der Waals surface area contributed by atoms with Crippen LogP contribution in [0.3, 0.4) is 0 Å². The van der Waals surface area contributed by atoms with Gasteiger partial charge in [0.1, 0.15) is 16.4 Å². The quantitative estimate of drug-likeness (QED) is 0.143. The number of ether oxygens (including phenoxy) is 2. The lowest BCUT2D eigenvalue weighted by atomic mass is 10.1. The van der Waals surface area contributed by atoms with Gasteiger partial charge in [-0.25, -0.2) is 4.79 Å². The summed E-state index contributed by atoms with van der Waals surface area (Å²) >= 11 is 13.1. The Morgan fingerprint density at radius 3 is 2.46 bits per heavy atom. The normalized spacial score (nSPS) is 11.6. The Balaban J connectivity index is 1.46. The highest BCUT2D eigenvalue weighted by Gasteiger charge is 2.18. The first-order chi connectivity index (χ1) is 18.8. The van der Waals surface area contributed by atoms with Crippen molar-refractivity contribution < 1.29 is 23.8 Å². The third-order valence-electron chi connectivity index (χ3n) is 5.86. The molecule has 5 rings (SSSR count). The van der Waals surface area contributed by atoms with Crippen molar-refractivity contribution in [2.24, 2.45) is 0 Å². The molecule has 0 atom stereocenters. The summed E-state index contributed by atoms with van der Waals surface area (Å²) in [5, 5.41) is 20.0. The van der Waals surface area contributed by atoms with Crippen LogP contribution in [-0.2, 0) is 11.3 Å². The number of methoxy groups -OCH3 is 2. The largest absolute Gasteiger partial charge is 0.497 e. The fraction of sp³-hybridized carbons (Fsp3) is 0.107. The molecule has 0 radical (unpaired) electrons. The van der Waals surface area contributed by atoms with Crippen LogP contribution in [0.5, 0.6) is 11.5 Å². The minimum Gasteiger partial charge on any atom is -0.497 e. The summed E-state index contributed by atoms with van der Waals surface area (Å²) in [6.45, 7) is 0.526. The summed E-state index contributed by atoms with van der Waals surface area (Å²) < 4.78 is 18.4. The summed E-state index contributed by atoms with van der Waals surface area (Å²) in [6, 6.07) is 18.4. The Hall–Kier alpha value is -3.92. The molecule has 5 aromatic rings. The van der Waals surface area contributed by atoms with Crippen LogP contribution in [0.4, 0.5) is 0 Å². The van der Waals surface area contributed by atoms with Gasteiger partial charge in [0.25, 0.3) is 5.22 Å². The molecule has 0 aliphatic heterocycles. The molecule has 3 aromatic carbocycles. The number of benzene rings is 3. The predicted octanol–water partition coefficient (Wildman–Crippen LogP) is 7.28. The molecule has 198 valence electrons. The number of rotatable bonds is 9. The van der Waals surface area contributed by atoms with E-state index in [9.17, 15) is 9.90 Å². The van der Waals surface area contributed by atoms with Crippen LogP contribution in [0.1, 0.15) is 11.1 Å². The van der Waals surface area contributed by atoms with Gasteiger partial charge in [-0.1, -0.05) is 47.5 Å². The fourth-order valence-corrected chi connectivity index (χ4v) is 5.01. The molecule has 11 heteroatoms. The van der Waals surface area contributed by atoms with E-state index in [4.69, 9.17) is 37.1 Å². The van der Waals surface area contributed by atoms with Crippen LogP contribution in [-0.4, -0.2) is 40.1 Å². The molecule has 0 amide bonds. The van der Waals surface area contributed by atoms with E-state index in [1.165, 1.54) is 0 Å². The van der Waals surface area contributed by atoms with Crippen molar-refractivity contribution in [3.8, 4) is 23.0 Å². The van der Waals surface area contributed by atoms with E-state index in [-0.39, 0.29) is 16.0 Å². The predicted molar refractivity (Wildman–Crippen MR) is 152 cm³/mol. The zero-order valence-corrected chi connectivity index (χ0v) is 23.0. The minimum absolute atomic E-state index is 0.0193. The number of nitrogens with zero attached hydrogens (tertiary/aromatic N) is 3. The van der Waals surface area contributed by atoms with Crippen molar-refractivity contribution in [2.45, 2.75) is 11.8 Å². The molecule has 0 fully saturated rings. The number of para-hydroxylation sites is 1. The Morgan fingerprint density at radius 1 is 1.03 bits per heavy atom. The van der Waals surface area contributed by atoms with Gasteiger partial charge in [-0.15, -0.1) is 10.2 Å². The molecule has 0 aliphatic rings. The van der Waals surface area contributed by atoms with Crippen molar-refractivity contribution in [3.05, 3.63) is 92.9 Å². The molecule has 1 N–H and O–H groups in total. The number of thioether (sulfide) groups is 1. The van der Waals surface area contributed by atoms with Crippen molar-refractivity contribution in [2.75, 3.05) is 14.2 Å². The highest BCUT2D eigenvalue weighted by atomic mass is 35.5. The van der Waals surface area contributed by atoms with Gasteiger partial charge in [-0.05, 0) is 53.7 Å². The summed E-state index contributed by atoms with van der Waals surface area (Å²) in [5.74, 6) is 0.196. The first-order valence-electron chi connectivity index (χ1n) is 11.6. The number of aliphatic carboxylic acids is 1. The van der Waals surface area contributed by atoms with E-state index in [1.807, 2.05) is 47.2 Å². The Kier molecular flexibility index (Phi) is 7.83. The monoisotopic (exact) mass is 581 g/mol. The highest BCUT2D eigenvalue weighted by molar-refractivity contribution is 8.03. The first kappa shape index (κ1) is 26.7. The average Bonchev–Trinajstić information content (AvgIpc) is 3.55. The van der Waals surface area contributed by atoms with Gasteiger partial charge in [-0.2, -0.15) is 0 Å². The van der Waals surface area contributed by atoms with Crippen molar-refractivity contribution in [1.82, 2.24) is 14.8 Å². The second-order valence-electron chi connectivity index (χ2n) is 8.37. The number of carbonyl (C=O) groups is 1. The van der Waals surface area contributed by atoms with E-state index < -0.39 is 5.97 Å². The average molecular weight is 582 g/mol. The SMILES string of the molecule is COc1cc(OC)cc(-c2nnc(S/C(=C\c3cn(Cc4ccc(Cl)c(Cl)c4)c4ccccc34)C(=O)O)o2)c1. The summed E-state index contributed by atoms with van der Waals surface area (Å²) in [4.78, 5) is 12.2. The minimum atomic E-state index is -1.12. The maximum Gasteiger partial charge on any atom is 0.342 e. The van der Waals surface area contributed by atoms with E-state index in [0.717, 1.165) is 33.8 Å². The lowest BCUT2D eigenvalue weighted by Gasteiger charge is -2.06. The topological polar surface area (TPSA) is 99.6 Å². The molecular formula is C28H21Cl2N3O5S. The Bertz CT molecular complexity index is 1690. The van der Waals surface area contributed by atoms with Crippen molar-refractivity contribution in [1.29, 1.82) is 0 Å². The van der Waals surface area contributed by atoms with Crippen molar-refractivity contribution in [3.63, 3.8) is 0 Å². The molecule has 39 heavy (non-hydrogen) atoms. The molecule has 0 spiro atoms. The molecule has 2 heterocycles. The van der Waals surface area contributed by atoms with Gasteiger partial charge >= 0.3 is 5.97 Å². The van der Waals surface area contributed by atoms with E-state index >= 15 is 0 Å². The summed E-state index contributed by atoms with van der Waals surface area (Å²) in [6.07, 6.45) is 3.50. The molecule has 0 saturated carbocycles. The molecule has 0 unspecified atom stereocenters. The molecule has 8 nitrogen and oxygen atoms in total. The number of hydrogen-bond donors (Lipinski definition) is 1. The highest BCUT2D eigenvalue weighted by Crippen LogP contribution is 2.34. The van der Waals surface area contributed by atoms with Crippen LogP contribution in [0, 0.1) is 0 Å². The van der Waals surface area contributed by atoms with Crippen LogP contribution in [0.2, 0.25) is 10.0 Å². The van der Waals surface area contributed by atoms with Crippen LogP contribution in [0.25, 0.3) is 28.4 Å².